The first-order chi connectivity index (χ1) is 14.1. The number of ketones is 2. The molecular formula is C24H20N2O3. The lowest BCUT2D eigenvalue weighted by atomic mass is 9.79. The van der Waals surface area contributed by atoms with Crippen LogP contribution in [-0.2, 0) is 14.3 Å². The van der Waals surface area contributed by atoms with Gasteiger partial charge in [0, 0.05) is 43.6 Å². The molecule has 3 aromatic rings. The number of hydrogen-bond acceptors (Lipinski definition) is 5. The minimum atomic E-state index is -0.945. The number of carbonyl (C=O) groups excluding carboxylic acids is 2. The van der Waals surface area contributed by atoms with Gasteiger partial charge >= 0.3 is 0 Å². The summed E-state index contributed by atoms with van der Waals surface area (Å²) in [5, 5.41) is 0. The highest BCUT2D eigenvalue weighted by Crippen LogP contribution is 2.47. The van der Waals surface area contributed by atoms with Gasteiger partial charge in [-0.25, -0.2) is 0 Å². The summed E-state index contributed by atoms with van der Waals surface area (Å²) in [6, 6.07) is 13.6. The lowest BCUT2D eigenvalue weighted by Crippen LogP contribution is -2.41. The molecule has 0 radical (unpaired) electrons. The minimum absolute atomic E-state index is 0.0233. The number of fused-ring (bicyclic) bond motifs is 1. The normalized spacial score (nSPS) is 18.5. The summed E-state index contributed by atoms with van der Waals surface area (Å²) in [7, 11) is 0. The highest BCUT2D eigenvalue weighted by Gasteiger charge is 2.51. The molecule has 0 unspecified atom stereocenters. The van der Waals surface area contributed by atoms with Crippen LogP contribution in [0.3, 0.4) is 0 Å². The maximum absolute atomic E-state index is 13.6. The van der Waals surface area contributed by atoms with Crippen LogP contribution in [0, 0.1) is 6.92 Å². The van der Waals surface area contributed by atoms with Crippen molar-refractivity contribution in [3.05, 3.63) is 71.5 Å². The third kappa shape index (κ3) is 2.94. The minimum Gasteiger partial charge on any atom is -0.478 e. The first-order valence-corrected chi connectivity index (χ1v) is 9.84. The van der Waals surface area contributed by atoms with Crippen LogP contribution in [-0.4, -0.2) is 27.1 Å². The van der Waals surface area contributed by atoms with Crippen molar-refractivity contribution in [3.8, 4) is 0 Å². The van der Waals surface area contributed by atoms with E-state index < -0.39 is 5.60 Å². The van der Waals surface area contributed by atoms with Crippen LogP contribution >= 0.6 is 0 Å². The van der Waals surface area contributed by atoms with Gasteiger partial charge in [0.1, 0.15) is 11.5 Å². The van der Waals surface area contributed by atoms with Crippen LogP contribution in [0.15, 0.2) is 54.9 Å². The summed E-state index contributed by atoms with van der Waals surface area (Å²) < 4.78 is 6.42. The Morgan fingerprint density at radius 3 is 2.41 bits per heavy atom. The predicted octanol–water partition coefficient (Wildman–Crippen LogP) is 4.29. The molecule has 29 heavy (non-hydrogen) atoms. The Hall–Kier alpha value is -3.34. The number of aryl methyl sites for hydroxylation is 1. The predicted molar refractivity (Wildman–Crippen MR) is 110 cm³/mol. The number of hydrogen-bond donors (Lipinski definition) is 0. The number of Topliss-reactive ketones (excluding diaryl/α,β-unsaturated/α-hetero) is 2. The van der Waals surface area contributed by atoms with E-state index in [-0.39, 0.29) is 11.6 Å². The van der Waals surface area contributed by atoms with Crippen LogP contribution < -0.4 is 0 Å². The van der Waals surface area contributed by atoms with Crippen molar-refractivity contribution in [3.63, 3.8) is 0 Å². The molecule has 1 aliphatic heterocycles. The second-order valence-corrected chi connectivity index (χ2v) is 7.80. The fourth-order valence-electron chi connectivity index (χ4n) is 4.26. The zero-order valence-electron chi connectivity index (χ0n) is 16.1. The number of benzene rings is 2. The molecule has 2 heterocycles. The standard InChI is InChI=1S/C24H20N2O3/c1-15-3-2-4-16(13-15)21-22(17-5-6-19-20(14-17)26-12-11-25-19)29-24(23(21)28)9-7-18(27)8-10-24/h2-6,11-14H,7-10H2,1H3. The summed E-state index contributed by atoms with van der Waals surface area (Å²) in [6.07, 6.45) is 4.92. The molecule has 0 bridgehead atoms. The Kier molecular flexibility index (Phi) is 4.05. The van der Waals surface area contributed by atoms with Gasteiger partial charge in [-0.1, -0.05) is 29.8 Å². The van der Waals surface area contributed by atoms with E-state index in [0.717, 1.165) is 27.7 Å². The molecular weight excluding hydrogens is 364 g/mol. The Labute approximate surface area is 168 Å². The van der Waals surface area contributed by atoms with Crippen LogP contribution in [0.1, 0.15) is 42.4 Å². The Bertz CT molecular complexity index is 1190. The second kappa shape index (κ2) is 6.62. The average Bonchev–Trinajstić information content (AvgIpc) is 3.02. The zero-order chi connectivity index (χ0) is 20.0. The SMILES string of the molecule is Cc1cccc(C2=C(c3ccc4nccnc4c3)OC3(CCC(=O)CC3)C2=O)c1. The van der Waals surface area contributed by atoms with Gasteiger partial charge in [-0.05, 0) is 30.7 Å². The summed E-state index contributed by atoms with van der Waals surface area (Å²) >= 11 is 0. The monoisotopic (exact) mass is 384 g/mol. The van der Waals surface area contributed by atoms with Crippen molar-refractivity contribution in [1.29, 1.82) is 0 Å². The van der Waals surface area contributed by atoms with Crippen molar-refractivity contribution >= 4 is 33.9 Å². The van der Waals surface area contributed by atoms with Gasteiger partial charge in [-0.15, -0.1) is 0 Å². The first-order valence-electron chi connectivity index (χ1n) is 9.84. The van der Waals surface area contributed by atoms with Crippen LogP contribution in [0.25, 0.3) is 22.4 Å². The second-order valence-electron chi connectivity index (χ2n) is 7.80. The van der Waals surface area contributed by atoms with Crippen molar-refractivity contribution in [1.82, 2.24) is 9.97 Å². The van der Waals surface area contributed by atoms with Gasteiger partial charge in [0.15, 0.2) is 5.60 Å². The first kappa shape index (κ1) is 17.7. The molecule has 5 nitrogen and oxygen atoms in total. The molecule has 5 heteroatoms. The Morgan fingerprint density at radius 2 is 1.66 bits per heavy atom. The smallest absolute Gasteiger partial charge is 0.210 e. The number of rotatable bonds is 2. The molecule has 1 fully saturated rings. The van der Waals surface area contributed by atoms with Gasteiger partial charge in [0.05, 0.1) is 16.6 Å². The van der Waals surface area contributed by atoms with Gasteiger partial charge in [-0.2, -0.15) is 0 Å². The fraction of sp³-hybridized carbons (Fsp3) is 0.250. The van der Waals surface area contributed by atoms with E-state index in [1.165, 1.54) is 0 Å². The fourth-order valence-corrected chi connectivity index (χ4v) is 4.26. The van der Waals surface area contributed by atoms with Crippen molar-refractivity contribution < 1.29 is 14.3 Å². The van der Waals surface area contributed by atoms with E-state index in [9.17, 15) is 9.59 Å². The molecule has 1 aliphatic carbocycles. The third-order valence-electron chi connectivity index (χ3n) is 5.82. The highest BCUT2D eigenvalue weighted by atomic mass is 16.5. The summed E-state index contributed by atoms with van der Waals surface area (Å²) in [4.78, 5) is 34.1. The number of carbonyl (C=O) groups is 2. The van der Waals surface area contributed by atoms with E-state index >= 15 is 0 Å². The maximum Gasteiger partial charge on any atom is 0.210 e. The van der Waals surface area contributed by atoms with Crippen molar-refractivity contribution in [2.75, 3.05) is 0 Å². The zero-order valence-corrected chi connectivity index (χ0v) is 16.1. The molecule has 1 spiro atoms. The molecule has 0 saturated heterocycles. The lowest BCUT2D eigenvalue weighted by Gasteiger charge is -2.31. The quantitative estimate of drug-likeness (QED) is 0.659. The van der Waals surface area contributed by atoms with Crippen molar-refractivity contribution in [2.24, 2.45) is 0 Å². The molecule has 144 valence electrons. The lowest BCUT2D eigenvalue weighted by molar-refractivity contribution is -0.135. The molecule has 0 atom stereocenters. The molecule has 0 amide bonds. The third-order valence-corrected chi connectivity index (χ3v) is 5.82. The van der Waals surface area contributed by atoms with Crippen LogP contribution in [0.2, 0.25) is 0 Å². The van der Waals surface area contributed by atoms with Crippen molar-refractivity contribution in [2.45, 2.75) is 38.2 Å². The molecule has 2 aromatic carbocycles. The van der Waals surface area contributed by atoms with Gasteiger partial charge in [0.25, 0.3) is 0 Å². The van der Waals surface area contributed by atoms with Gasteiger partial charge in [-0.3, -0.25) is 19.6 Å². The maximum atomic E-state index is 13.6. The van der Waals surface area contributed by atoms with Gasteiger partial charge < -0.3 is 4.74 Å². The largest absolute Gasteiger partial charge is 0.478 e. The Morgan fingerprint density at radius 1 is 0.897 bits per heavy atom. The number of aromatic nitrogens is 2. The van der Waals surface area contributed by atoms with Crippen LogP contribution in [0.5, 0.6) is 0 Å². The highest BCUT2D eigenvalue weighted by molar-refractivity contribution is 6.33. The molecule has 2 aliphatic rings. The Balaban J connectivity index is 1.68. The van der Waals surface area contributed by atoms with Crippen LogP contribution in [0.4, 0.5) is 0 Å². The van der Waals surface area contributed by atoms with E-state index in [1.54, 1.807) is 12.4 Å². The summed E-state index contributed by atoms with van der Waals surface area (Å²) in [5.41, 5.74) is 3.90. The van der Waals surface area contributed by atoms with E-state index in [4.69, 9.17) is 4.74 Å². The number of ether oxygens (including phenoxy) is 1. The summed E-state index contributed by atoms with van der Waals surface area (Å²) in [5.74, 6) is 0.742. The molecule has 0 N–H and O–H groups in total. The molecule has 1 saturated carbocycles. The average molecular weight is 384 g/mol. The summed E-state index contributed by atoms with van der Waals surface area (Å²) in [6.45, 7) is 2.00. The van der Waals surface area contributed by atoms with Gasteiger partial charge in [0.2, 0.25) is 5.78 Å². The molecule has 1 aromatic heterocycles. The van der Waals surface area contributed by atoms with E-state index in [0.29, 0.717) is 37.0 Å². The molecule has 5 rings (SSSR count). The van der Waals surface area contributed by atoms with E-state index in [1.807, 2.05) is 49.4 Å². The number of nitrogens with zero attached hydrogens (tertiary/aromatic N) is 2. The van der Waals surface area contributed by atoms with E-state index in [2.05, 4.69) is 9.97 Å². The topological polar surface area (TPSA) is 69.2 Å².